The van der Waals surface area contributed by atoms with E-state index < -0.39 is 0 Å². The van der Waals surface area contributed by atoms with Gasteiger partial charge in [0, 0.05) is 34.4 Å². The average Bonchev–Trinajstić information content (AvgIpc) is 3.03. The van der Waals surface area contributed by atoms with Gasteiger partial charge in [-0.2, -0.15) is 0 Å². The van der Waals surface area contributed by atoms with Crippen LogP contribution in [0.4, 0.5) is 0 Å². The van der Waals surface area contributed by atoms with Crippen LogP contribution in [-0.2, 0) is 0 Å². The normalized spacial score (nSPS) is 11.3. The predicted octanol–water partition coefficient (Wildman–Crippen LogP) is 6.15. The maximum Gasteiger partial charge on any atom is 0.0541 e. The molecule has 2 heteroatoms. The standard InChI is InChI=1S/C24H18N2/c1-17-14-19(16-25-15-17)18-10-12-20(13-11-18)26-23-8-4-2-6-21(23)22-7-3-5-9-24(22)26/h2-16H,1H3. The lowest BCUT2D eigenvalue weighted by molar-refractivity contribution is 1.18. The third kappa shape index (κ3) is 2.31. The van der Waals surface area contributed by atoms with E-state index in [1.165, 1.54) is 38.6 Å². The third-order valence-electron chi connectivity index (χ3n) is 4.91. The highest BCUT2D eigenvalue weighted by Crippen LogP contribution is 2.32. The van der Waals surface area contributed by atoms with Gasteiger partial charge in [0.2, 0.25) is 0 Å². The van der Waals surface area contributed by atoms with Crippen LogP contribution in [0.25, 0.3) is 38.6 Å². The van der Waals surface area contributed by atoms with Crippen molar-refractivity contribution in [3.63, 3.8) is 0 Å². The zero-order chi connectivity index (χ0) is 17.5. The van der Waals surface area contributed by atoms with Crippen LogP contribution < -0.4 is 0 Å². The van der Waals surface area contributed by atoms with E-state index >= 15 is 0 Å². The Kier molecular flexibility index (Phi) is 3.36. The molecule has 2 nitrogen and oxygen atoms in total. The number of nitrogens with zero attached hydrogens (tertiary/aromatic N) is 2. The van der Waals surface area contributed by atoms with Crippen LogP contribution in [0.3, 0.4) is 0 Å². The van der Waals surface area contributed by atoms with Crippen molar-refractivity contribution in [2.24, 2.45) is 0 Å². The highest BCUT2D eigenvalue weighted by Gasteiger charge is 2.11. The Balaban J connectivity index is 1.70. The minimum absolute atomic E-state index is 1.15. The summed E-state index contributed by atoms with van der Waals surface area (Å²) >= 11 is 0. The van der Waals surface area contributed by atoms with Crippen molar-refractivity contribution in [3.8, 4) is 16.8 Å². The number of hydrogen-bond donors (Lipinski definition) is 0. The van der Waals surface area contributed by atoms with Gasteiger partial charge < -0.3 is 4.57 Å². The summed E-state index contributed by atoms with van der Waals surface area (Å²) in [6.07, 6.45) is 3.80. The van der Waals surface area contributed by atoms with Crippen molar-refractivity contribution < 1.29 is 0 Å². The fraction of sp³-hybridized carbons (Fsp3) is 0.0417. The Morgan fingerprint density at radius 3 is 1.88 bits per heavy atom. The Labute approximate surface area is 152 Å². The molecule has 3 aromatic carbocycles. The maximum atomic E-state index is 4.31. The molecule has 0 spiro atoms. The molecule has 0 saturated heterocycles. The Morgan fingerprint density at radius 2 is 1.27 bits per heavy atom. The van der Waals surface area contributed by atoms with Gasteiger partial charge in [0.25, 0.3) is 0 Å². The predicted molar refractivity (Wildman–Crippen MR) is 109 cm³/mol. The van der Waals surface area contributed by atoms with Crippen LogP contribution in [0, 0.1) is 6.92 Å². The molecule has 0 aliphatic carbocycles. The molecule has 0 bridgehead atoms. The first-order chi connectivity index (χ1) is 12.8. The SMILES string of the molecule is Cc1cncc(-c2ccc(-n3c4ccccc4c4ccccc43)cc2)c1. The van der Waals surface area contributed by atoms with Crippen LogP contribution in [0.2, 0.25) is 0 Å². The summed E-state index contributed by atoms with van der Waals surface area (Å²) < 4.78 is 2.34. The van der Waals surface area contributed by atoms with Gasteiger partial charge in [0.05, 0.1) is 11.0 Å². The molecule has 5 rings (SSSR count). The fourth-order valence-electron chi connectivity index (χ4n) is 3.72. The number of rotatable bonds is 2. The van der Waals surface area contributed by atoms with Gasteiger partial charge in [-0.05, 0) is 48.4 Å². The highest BCUT2D eigenvalue weighted by molar-refractivity contribution is 6.09. The van der Waals surface area contributed by atoms with Crippen molar-refractivity contribution >= 4 is 21.8 Å². The molecular formula is C24H18N2. The van der Waals surface area contributed by atoms with E-state index in [0.29, 0.717) is 0 Å². The van der Waals surface area contributed by atoms with Crippen molar-refractivity contribution in [2.75, 3.05) is 0 Å². The van der Waals surface area contributed by atoms with Gasteiger partial charge in [0.15, 0.2) is 0 Å². The summed E-state index contributed by atoms with van der Waals surface area (Å²) in [5.74, 6) is 0. The fourth-order valence-corrected chi connectivity index (χ4v) is 3.72. The first-order valence-electron chi connectivity index (χ1n) is 8.82. The molecule has 2 aromatic heterocycles. The molecule has 0 atom stereocenters. The molecule has 0 N–H and O–H groups in total. The molecule has 0 saturated carbocycles. The van der Waals surface area contributed by atoms with E-state index in [1.54, 1.807) is 0 Å². The summed E-state index contributed by atoms with van der Waals surface area (Å²) in [4.78, 5) is 4.31. The van der Waals surface area contributed by atoms with E-state index in [-0.39, 0.29) is 0 Å². The van der Waals surface area contributed by atoms with Gasteiger partial charge in [-0.15, -0.1) is 0 Å². The van der Waals surface area contributed by atoms with Crippen LogP contribution in [0.5, 0.6) is 0 Å². The quantitative estimate of drug-likeness (QED) is 0.378. The maximum absolute atomic E-state index is 4.31. The van der Waals surface area contributed by atoms with E-state index in [4.69, 9.17) is 0 Å². The zero-order valence-corrected chi connectivity index (χ0v) is 14.6. The summed E-state index contributed by atoms with van der Waals surface area (Å²) in [6, 6.07) is 28.1. The number of para-hydroxylation sites is 2. The largest absolute Gasteiger partial charge is 0.309 e. The lowest BCUT2D eigenvalue weighted by atomic mass is 10.1. The van der Waals surface area contributed by atoms with E-state index in [0.717, 1.165) is 5.56 Å². The summed E-state index contributed by atoms with van der Waals surface area (Å²) in [6.45, 7) is 2.07. The van der Waals surface area contributed by atoms with E-state index in [2.05, 4.69) is 95.3 Å². The van der Waals surface area contributed by atoms with Gasteiger partial charge in [0.1, 0.15) is 0 Å². The van der Waals surface area contributed by atoms with Gasteiger partial charge in [-0.1, -0.05) is 48.5 Å². The van der Waals surface area contributed by atoms with E-state index in [9.17, 15) is 0 Å². The molecule has 26 heavy (non-hydrogen) atoms. The number of aryl methyl sites for hydroxylation is 1. The molecule has 0 fully saturated rings. The first-order valence-corrected chi connectivity index (χ1v) is 8.82. The Morgan fingerprint density at radius 1 is 0.654 bits per heavy atom. The van der Waals surface area contributed by atoms with Crippen LogP contribution >= 0.6 is 0 Å². The van der Waals surface area contributed by atoms with E-state index in [1.807, 2.05) is 12.4 Å². The second-order valence-corrected chi connectivity index (χ2v) is 6.67. The Bertz CT molecular complexity index is 1180. The van der Waals surface area contributed by atoms with Crippen LogP contribution in [0.15, 0.2) is 91.3 Å². The summed E-state index contributed by atoms with van der Waals surface area (Å²) in [7, 11) is 0. The van der Waals surface area contributed by atoms with Crippen LogP contribution in [-0.4, -0.2) is 9.55 Å². The van der Waals surface area contributed by atoms with Gasteiger partial charge in [-0.25, -0.2) is 0 Å². The lowest BCUT2D eigenvalue weighted by Gasteiger charge is -2.09. The third-order valence-corrected chi connectivity index (χ3v) is 4.91. The van der Waals surface area contributed by atoms with Crippen molar-refractivity contribution in [2.45, 2.75) is 6.92 Å². The van der Waals surface area contributed by atoms with Gasteiger partial charge in [-0.3, -0.25) is 4.98 Å². The average molecular weight is 334 g/mol. The Hall–Kier alpha value is -3.39. The molecule has 2 heterocycles. The molecule has 0 radical (unpaired) electrons. The van der Waals surface area contributed by atoms with Crippen molar-refractivity contribution in [1.29, 1.82) is 0 Å². The molecule has 0 aliphatic heterocycles. The monoisotopic (exact) mass is 334 g/mol. The first kappa shape index (κ1) is 14.9. The number of fused-ring (bicyclic) bond motifs is 3. The minimum Gasteiger partial charge on any atom is -0.309 e. The van der Waals surface area contributed by atoms with Gasteiger partial charge >= 0.3 is 0 Å². The van der Waals surface area contributed by atoms with Crippen LogP contribution in [0.1, 0.15) is 5.56 Å². The van der Waals surface area contributed by atoms with Crippen molar-refractivity contribution in [3.05, 3.63) is 96.8 Å². The summed E-state index contributed by atoms with van der Waals surface area (Å²) in [5.41, 5.74) is 7.16. The topological polar surface area (TPSA) is 17.8 Å². The second-order valence-electron chi connectivity index (χ2n) is 6.67. The highest BCUT2D eigenvalue weighted by atomic mass is 15.0. The second kappa shape index (κ2) is 5.85. The number of aromatic nitrogens is 2. The molecule has 0 unspecified atom stereocenters. The molecular weight excluding hydrogens is 316 g/mol. The molecule has 5 aromatic rings. The minimum atomic E-state index is 1.15. The van der Waals surface area contributed by atoms with Crippen molar-refractivity contribution in [1.82, 2.24) is 9.55 Å². The number of hydrogen-bond acceptors (Lipinski definition) is 1. The number of pyridine rings is 1. The zero-order valence-electron chi connectivity index (χ0n) is 14.6. The molecule has 124 valence electrons. The molecule has 0 aliphatic rings. The number of benzene rings is 3. The smallest absolute Gasteiger partial charge is 0.0541 e. The lowest BCUT2D eigenvalue weighted by Crippen LogP contribution is -1.93. The molecule has 0 amide bonds. The summed E-state index contributed by atoms with van der Waals surface area (Å²) in [5, 5.41) is 2.57.